The lowest BCUT2D eigenvalue weighted by atomic mass is 9.96. The van der Waals surface area contributed by atoms with Gasteiger partial charge in [0.1, 0.15) is 0 Å². The molecule has 2 heterocycles. The van der Waals surface area contributed by atoms with Gasteiger partial charge >= 0.3 is 0 Å². The van der Waals surface area contributed by atoms with Crippen LogP contribution < -0.4 is 5.32 Å². The molecule has 1 aliphatic heterocycles. The minimum absolute atomic E-state index is 0.612. The monoisotopic (exact) mass is 229 g/mol. The fraction of sp³-hybridized carbons (Fsp3) is 0.636. The minimum atomic E-state index is 0.612. The lowest BCUT2D eigenvalue weighted by Gasteiger charge is -2.16. The molecule has 1 N–H and O–H groups in total. The second kappa shape index (κ2) is 4.21. The minimum Gasteiger partial charge on any atom is -0.311 e. The second-order valence-corrected chi connectivity index (χ2v) is 5.41. The summed E-state index contributed by atoms with van der Waals surface area (Å²) in [5.41, 5.74) is 0. The maximum absolute atomic E-state index is 6.17. The molecule has 3 heteroatoms. The van der Waals surface area contributed by atoms with Crippen molar-refractivity contribution in [2.45, 2.75) is 44.7 Å². The van der Waals surface area contributed by atoms with Crippen molar-refractivity contribution in [2.75, 3.05) is 0 Å². The number of thiophene rings is 1. The van der Waals surface area contributed by atoms with Gasteiger partial charge in [-0.3, -0.25) is 0 Å². The van der Waals surface area contributed by atoms with Crippen LogP contribution in [0.5, 0.6) is 0 Å². The molecule has 0 radical (unpaired) electrons. The summed E-state index contributed by atoms with van der Waals surface area (Å²) in [4.78, 5) is 1.37. The number of halogens is 1. The smallest absolute Gasteiger partial charge is 0.0548 e. The summed E-state index contributed by atoms with van der Waals surface area (Å²) >= 11 is 7.97. The molecule has 1 nitrogen and oxygen atoms in total. The highest BCUT2D eigenvalue weighted by atomic mass is 35.5. The molecule has 3 atom stereocenters. The van der Waals surface area contributed by atoms with Gasteiger partial charge in [-0.05, 0) is 31.2 Å². The van der Waals surface area contributed by atoms with E-state index in [0.29, 0.717) is 18.0 Å². The highest BCUT2D eigenvalue weighted by Crippen LogP contribution is 2.39. The third-order valence-corrected chi connectivity index (χ3v) is 4.50. The van der Waals surface area contributed by atoms with Gasteiger partial charge in [0.25, 0.3) is 0 Å². The van der Waals surface area contributed by atoms with Crippen molar-refractivity contribution in [2.24, 2.45) is 0 Å². The number of hydrogen-bond acceptors (Lipinski definition) is 2. The average molecular weight is 230 g/mol. The fourth-order valence-corrected chi connectivity index (χ4v) is 3.74. The summed E-state index contributed by atoms with van der Waals surface area (Å²) in [6.07, 6.45) is 2.40. The molecule has 1 fully saturated rings. The molecular weight excluding hydrogens is 214 g/mol. The molecular formula is C11H16ClNS. The molecule has 0 spiro atoms. The van der Waals surface area contributed by atoms with E-state index in [1.54, 1.807) is 11.3 Å². The SMILES string of the molecule is CCC1NC(C)CC1c1sccc1Cl. The van der Waals surface area contributed by atoms with Gasteiger partial charge < -0.3 is 5.32 Å². The lowest BCUT2D eigenvalue weighted by molar-refractivity contribution is 0.521. The zero-order chi connectivity index (χ0) is 10.1. The Morgan fingerprint density at radius 2 is 2.43 bits per heavy atom. The van der Waals surface area contributed by atoms with Crippen LogP contribution in [-0.4, -0.2) is 12.1 Å². The van der Waals surface area contributed by atoms with Crippen LogP contribution in [0.1, 0.15) is 37.5 Å². The van der Waals surface area contributed by atoms with E-state index in [1.807, 2.05) is 6.07 Å². The standard InChI is InChI=1S/C11H16ClNS/c1-3-10-8(6-7(2)13-10)11-9(12)4-5-14-11/h4-5,7-8,10,13H,3,6H2,1-2H3. The summed E-state index contributed by atoms with van der Waals surface area (Å²) < 4.78 is 0. The van der Waals surface area contributed by atoms with Crippen LogP contribution in [0.3, 0.4) is 0 Å². The van der Waals surface area contributed by atoms with Crippen LogP contribution in [0.25, 0.3) is 0 Å². The molecule has 0 bridgehead atoms. The van der Waals surface area contributed by atoms with E-state index in [9.17, 15) is 0 Å². The molecule has 3 unspecified atom stereocenters. The third-order valence-electron chi connectivity index (χ3n) is 3.01. The second-order valence-electron chi connectivity index (χ2n) is 4.06. The zero-order valence-corrected chi connectivity index (χ0v) is 10.2. The number of hydrogen-bond donors (Lipinski definition) is 1. The van der Waals surface area contributed by atoms with E-state index in [2.05, 4.69) is 24.5 Å². The Labute approximate surface area is 94.5 Å². The first kappa shape index (κ1) is 10.5. The Hall–Kier alpha value is -0.0500. The summed E-state index contributed by atoms with van der Waals surface area (Å²) in [5.74, 6) is 0.627. The van der Waals surface area contributed by atoms with Crippen LogP contribution in [-0.2, 0) is 0 Å². The van der Waals surface area contributed by atoms with Gasteiger partial charge in [0.15, 0.2) is 0 Å². The summed E-state index contributed by atoms with van der Waals surface area (Å²) in [6, 6.07) is 3.25. The van der Waals surface area contributed by atoms with E-state index < -0.39 is 0 Å². The molecule has 78 valence electrons. The molecule has 14 heavy (non-hydrogen) atoms. The van der Waals surface area contributed by atoms with Crippen molar-refractivity contribution in [3.8, 4) is 0 Å². The van der Waals surface area contributed by atoms with Gasteiger partial charge in [-0.15, -0.1) is 11.3 Å². The molecule has 1 aliphatic rings. The molecule has 1 saturated heterocycles. The Balaban J connectivity index is 2.21. The van der Waals surface area contributed by atoms with Crippen molar-refractivity contribution in [1.29, 1.82) is 0 Å². The fourth-order valence-electron chi connectivity index (χ4n) is 2.36. The largest absolute Gasteiger partial charge is 0.311 e. The van der Waals surface area contributed by atoms with Crippen molar-refractivity contribution in [1.82, 2.24) is 5.32 Å². The molecule has 0 aromatic carbocycles. The first-order valence-corrected chi connectivity index (χ1v) is 6.47. The first-order valence-electron chi connectivity index (χ1n) is 5.21. The number of nitrogens with one attached hydrogen (secondary N) is 1. The van der Waals surface area contributed by atoms with E-state index >= 15 is 0 Å². The first-order chi connectivity index (χ1) is 6.72. The van der Waals surface area contributed by atoms with Gasteiger partial charge in [-0.25, -0.2) is 0 Å². The maximum Gasteiger partial charge on any atom is 0.0548 e. The van der Waals surface area contributed by atoms with Gasteiger partial charge in [-0.1, -0.05) is 18.5 Å². The predicted octanol–water partition coefficient (Wildman–Crippen LogP) is 3.65. The molecule has 0 amide bonds. The van der Waals surface area contributed by atoms with Crippen LogP contribution in [0.2, 0.25) is 5.02 Å². The average Bonchev–Trinajstić information content (AvgIpc) is 2.71. The Morgan fingerprint density at radius 3 is 3.00 bits per heavy atom. The maximum atomic E-state index is 6.17. The van der Waals surface area contributed by atoms with Crippen molar-refractivity contribution in [3.63, 3.8) is 0 Å². The summed E-state index contributed by atoms with van der Waals surface area (Å²) in [7, 11) is 0. The normalized spacial score (nSPS) is 32.4. The summed E-state index contributed by atoms with van der Waals surface area (Å²) in [5, 5.41) is 6.66. The quantitative estimate of drug-likeness (QED) is 0.817. The van der Waals surface area contributed by atoms with E-state index in [-0.39, 0.29) is 0 Å². The van der Waals surface area contributed by atoms with Gasteiger partial charge in [0.2, 0.25) is 0 Å². The zero-order valence-electron chi connectivity index (χ0n) is 8.59. The van der Waals surface area contributed by atoms with Gasteiger partial charge in [0.05, 0.1) is 5.02 Å². The van der Waals surface area contributed by atoms with Gasteiger partial charge in [-0.2, -0.15) is 0 Å². The summed E-state index contributed by atoms with van der Waals surface area (Å²) in [6.45, 7) is 4.49. The third kappa shape index (κ3) is 1.83. The van der Waals surface area contributed by atoms with Crippen LogP contribution in [0.4, 0.5) is 0 Å². The van der Waals surface area contributed by atoms with E-state index in [4.69, 9.17) is 11.6 Å². The Morgan fingerprint density at radius 1 is 1.64 bits per heavy atom. The van der Waals surface area contributed by atoms with E-state index in [0.717, 1.165) is 5.02 Å². The highest BCUT2D eigenvalue weighted by Gasteiger charge is 2.32. The van der Waals surface area contributed by atoms with Gasteiger partial charge in [0, 0.05) is 22.9 Å². The van der Waals surface area contributed by atoms with Crippen LogP contribution in [0.15, 0.2) is 11.4 Å². The topological polar surface area (TPSA) is 12.0 Å². The highest BCUT2D eigenvalue weighted by molar-refractivity contribution is 7.10. The van der Waals surface area contributed by atoms with Crippen molar-refractivity contribution in [3.05, 3.63) is 21.3 Å². The molecule has 2 rings (SSSR count). The van der Waals surface area contributed by atoms with Crippen molar-refractivity contribution >= 4 is 22.9 Å². The van der Waals surface area contributed by atoms with E-state index in [1.165, 1.54) is 17.7 Å². The van der Waals surface area contributed by atoms with Crippen LogP contribution >= 0.6 is 22.9 Å². The van der Waals surface area contributed by atoms with Crippen molar-refractivity contribution < 1.29 is 0 Å². The lowest BCUT2D eigenvalue weighted by Crippen LogP contribution is -2.28. The van der Waals surface area contributed by atoms with Crippen LogP contribution in [0, 0.1) is 0 Å². The predicted molar refractivity (Wildman–Crippen MR) is 63.4 cm³/mol. The molecule has 0 saturated carbocycles. The Bertz CT molecular complexity index is 310. The Kier molecular flexibility index (Phi) is 3.15. The molecule has 1 aromatic heterocycles. The molecule has 1 aromatic rings. The molecule has 0 aliphatic carbocycles. The number of rotatable bonds is 2.